The molecule has 2 aromatic rings. The van der Waals surface area contributed by atoms with E-state index < -0.39 is 0 Å². The molecular formula is C16H12N2O2. The lowest BCUT2D eigenvalue weighted by atomic mass is 9.99. The molecule has 98 valence electrons. The zero-order valence-electron chi connectivity index (χ0n) is 11.2. The lowest BCUT2D eigenvalue weighted by Gasteiger charge is -2.09. The monoisotopic (exact) mass is 264 g/mol. The van der Waals surface area contributed by atoms with Crippen LogP contribution in [0.4, 0.5) is 11.4 Å². The average molecular weight is 264 g/mol. The first-order chi connectivity index (χ1) is 9.67. The molecule has 0 N–H and O–H groups in total. The van der Waals surface area contributed by atoms with E-state index in [1.165, 1.54) is 12.2 Å². The minimum absolute atomic E-state index is 0.340. The smallest absolute Gasteiger partial charge is 0.211 e. The molecule has 0 radical (unpaired) electrons. The fourth-order valence-electron chi connectivity index (χ4n) is 1.99. The maximum Gasteiger partial charge on any atom is 0.240 e. The second-order valence-electron chi connectivity index (χ2n) is 4.40. The van der Waals surface area contributed by atoms with Crippen molar-refractivity contribution in [2.75, 3.05) is 0 Å². The van der Waals surface area contributed by atoms with Crippen LogP contribution in [0.2, 0.25) is 0 Å². The SMILES string of the molecule is Cc1ccc(-c2ccc(C)c(N=C=O)c2N=C=O)cc1. The van der Waals surface area contributed by atoms with Crippen molar-refractivity contribution in [1.29, 1.82) is 0 Å². The van der Waals surface area contributed by atoms with Crippen molar-refractivity contribution >= 4 is 23.5 Å². The number of aryl methyl sites for hydroxylation is 2. The third-order valence-electron chi connectivity index (χ3n) is 3.03. The molecule has 2 aromatic carbocycles. The first-order valence-corrected chi connectivity index (χ1v) is 6.03. The lowest BCUT2D eigenvalue weighted by molar-refractivity contribution is 0.564. The van der Waals surface area contributed by atoms with Gasteiger partial charge in [0.15, 0.2) is 0 Å². The molecule has 20 heavy (non-hydrogen) atoms. The van der Waals surface area contributed by atoms with Gasteiger partial charge in [-0.1, -0.05) is 42.0 Å². The zero-order valence-corrected chi connectivity index (χ0v) is 11.2. The lowest BCUT2D eigenvalue weighted by Crippen LogP contribution is -1.84. The van der Waals surface area contributed by atoms with E-state index in [0.717, 1.165) is 22.3 Å². The Kier molecular flexibility index (Phi) is 4.02. The van der Waals surface area contributed by atoms with Crippen LogP contribution in [0.1, 0.15) is 11.1 Å². The van der Waals surface area contributed by atoms with Crippen molar-refractivity contribution in [3.05, 3.63) is 47.5 Å². The quantitative estimate of drug-likeness (QED) is 0.623. The highest BCUT2D eigenvalue weighted by atomic mass is 16.1. The Morgan fingerprint density at radius 3 is 2.00 bits per heavy atom. The van der Waals surface area contributed by atoms with Gasteiger partial charge in [-0.05, 0) is 25.0 Å². The van der Waals surface area contributed by atoms with Crippen LogP contribution in [0.3, 0.4) is 0 Å². The fourth-order valence-corrected chi connectivity index (χ4v) is 1.99. The van der Waals surface area contributed by atoms with Gasteiger partial charge in [0.1, 0.15) is 11.4 Å². The third kappa shape index (κ3) is 2.62. The summed E-state index contributed by atoms with van der Waals surface area (Å²) in [4.78, 5) is 28.5. The van der Waals surface area contributed by atoms with Crippen molar-refractivity contribution in [3.8, 4) is 11.1 Å². The van der Waals surface area contributed by atoms with Gasteiger partial charge >= 0.3 is 0 Å². The second-order valence-corrected chi connectivity index (χ2v) is 4.40. The first kappa shape index (κ1) is 13.6. The van der Waals surface area contributed by atoms with Crippen molar-refractivity contribution < 1.29 is 9.59 Å². The summed E-state index contributed by atoms with van der Waals surface area (Å²) in [5.74, 6) is 0. The number of rotatable bonds is 3. The molecule has 0 spiro atoms. The van der Waals surface area contributed by atoms with Gasteiger partial charge in [-0.25, -0.2) is 9.59 Å². The Morgan fingerprint density at radius 2 is 1.40 bits per heavy atom. The predicted octanol–water partition coefficient (Wildman–Crippen LogP) is 3.91. The fraction of sp³-hybridized carbons (Fsp3) is 0.125. The Labute approximate surface area is 116 Å². The summed E-state index contributed by atoms with van der Waals surface area (Å²) < 4.78 is 0. The molecule has 0 bridgehead atoms. The Bertz CT molecular complexity index is 736. The Hall–Kier alpha value is -2.80. The van der Waals surface area contributed by atoms with Gasteiger partial charge in [-0.3, -0.25) is 0 Å². The highest BCUT2D eigenvalue weighted by molar-refractivity contribution is 5.87. The van der Waals surface area contributed by atoms with Crippen LogP contribution in [0.25, 0.3) is 11.1 Å². The number of nitrogens with zero attached hydrogens (tertiary/aromatic N) is 2. The van der Waals surface area contributed by atoms with Crippen LogP contribution in [0, 0.1) is 13.8 Å². The van der Waals surface area contributed by atoms with Crippen molar-refractivity contribution in [2.45, 2.75) is 13.8 Å². The van der Waals surface area contributed by atoms with Crippen LogP contribution < -0.4 is 0 Å². The number of isocyanates is 2. The Morgan fingerprint density at radius 1 is 0.800 bits per heavy atom. The van der Waals surface area contributed by atoms with Gasteiger partial charge < -0.3 is 0 Å². The average Bonchev–Trinajstić information content (AvgIpc) is 2.44. The van der Waals surface area contributed by atoms with Crippen molar-refractivity contribution in [1.82, 2.24) is 0 Å². The number of carbonyl (C=O) groups excluding carboxylic acids is 2. The molecule has 2 rings (SSSR count). The van der Waals surface area contributed by atoms with E-state index in [2.05, 4.69) is 9.98 Å². The predicted molar refractivity (Wildman–Crippen MR) is 76.9 cm³/mol. The zero-order chi connectivity index (χ0) is 14.5. The van der Waals surface area contributed by atoms with E-state index in [1.807, 2.05) is 43.3 Å². The highest BCUT2D eigenvalue weighted by Gasteiger charge is 2.12. The van der Waals surface area contributed by atoms with Gasteiger partial charge in [0.05, 0.1) is 0 Å². The number of aliphatic imine (C=N–C) groups is 2. The minimum atomic E-state index is 0.340. The highest BCUT2D eigenvalue weighted by Crippen LogP contribution is 2.40. The molecule has 0 saturated heterocycles. The molecule has 0 heterocycles. The van der Waals surface area contributed by atoms with E-state index >= 15 is 0 Å². The van der Waals surface area contributed by atoms with E-state index in [0.29, 0.717) is 11.4 Å². The molecule has 0 atom stereocenters. The molecule has 0 unspecified atom stereocenters. The van der Waals surface area contributed by atoms with Crippen LogP contribution in [0.5, 0.6) is 0 Å². The standard InChI is InChI=1S/C16H12N2O2/c1-11-3-6-13(7-4-11)14-8-5-12(2)15(17-9-19)16(14)18-10-20/h3-8H,1-2H3. The summed E-state index contributed by atoms with van der Waals surface area (Å²) in [5, 5.41) is 0. The molecule has 0 aromatic heterocycles. The summed E-state index contributed by atoms with van der Waals surface area (Å²) in [6, 6.07) is 11.5. The van der Waals surface area contributed by atoms with E-state index in [1.54, 1.807) is 6.92 Å². The van der Waals surface area contributed by atoms with Crippen LogP contribution in [-0.2, 0) is 9.59 Å². The van der Waals surface area contributed by atoms with E-state index in [-0.39, 0.29) is 0 Å². The van der Waals surface area contributed by atoms with Gasteiger partial charge in [0, 0.05) is 5.56 Å². The molecular weight excluding hydrogens is 252 g/mol. The summed E-state index contributed by atoms with van der Waals surface area (Å²) in [7, 11) is 0. The van der Waals surface area contributed by atoms with Gasteiger partial charge in [-0.2, -0.15) is 9.98 Å². The van der Waals surface area contributed by atoms with Crippen molar-refractivity contribution in [3.63, 3.8) is 0 Å². The van der Waals surface area contributed by atoms with Gasteiger partial charge in [0.25, 0.3) is 0 Å². The van der Waals surface area contributed by atoms with Crippen LogP contribution in [-0.4, -0.2) is 12.2 Å². The maximum atomic E-state index is 10.6. The second kappa shape index (κ2) is 5.89. The van der Waals surface area contributed by atoms with E-state index in [9.17, 15) is 9.59 Å². The number of hydrogen-bond acceptors (Lipinski definition) is 4. The first-order valence-electron chi connectivity index (χ1n) is 6.03. The largest absolute Gasteiger partial charge is 0.240 e. The van der Waals surface area contributed by atoms with Crippen LogP contribution >= 0.6 is 0 Å². The molecule has 4 nitrogen and oxygen atoms in total. The molecule has 0 saturated carbocycles. The third-order valence-corrected chi connectivity index (χ3v) is 3.03. The maximum absolute atomic E-state index is 10.6. The Balaban J connectivity index is 2.75. The normalized spacial score (nSPS) is 9.50. The van der Waals surface area contributed by atoms with Gasteiger partial charge in [-0.15, -0.1) is 0 Å². The number of hydrogen-bond donors (Lipinski definition) is 0. The van der Waals surface area contributed by atoms with E-state index in [4.69, 9.17) is 0 Å². The van der Waals surface area contributed by atoms with Crippen LogP contribution in [0.15, 0.2) is 46.4 Å². The number of benzene rings is 2. The minimum Gasteiger partial charge on any atom is -0.211 e. The summed E-state index contributed by atoms with van der Waals surface area (Å²) in [6.07, 6.45) is 3.01. The molecule has 0 aliphatic rings. The molecule has 0 amide bonds. The molecule has 4 heteroatoms. The topological polar surface area (TPSA) is 58.9 Å². The molecule has 0 aliphatic carbocycles. The molecule has 0 aliphatic heterocycles. The summed E-state index contributed by atoms with van der Waals surface area (Å²) >= 11 is 0. The summed E-state index contributed by atoms with van der Waals surface area (Å²) in [5.41, 5.74) is 4.19. The van der Waals surface area contributed by atoms with Gasteiger partial charge in [0.2, 0.25) is 12.2 Å². The molecule has 0 fully saturated rings. The summed E-state index contributed by atoms with van der Waals surface area (Å²) in [6.45, 7) is 3.78. The van der Waals surface area contributed by atoms with Crippen molar-refractivity contribution in [2.24, 2.45) is 9.98 Å².